The Morgan fingerprint density at radius 3 is 2.89 bits per heavy atom. The number of hydrogen-bond acceptors (Lipinski definition) is 1. The average molecular weight is 141 g/mol. The minimum Gasteiger partial charge on any atom is -0.0894 e. The Bertz CT molecular complexity index is 107. The van der Waals surface area contributed by atoms with E-state index in [0.29, 0.717) is 5.92 Å². The summed E-state index contributed by atoms with van der Waals surface area (Å²) in [7, 11) is 0. The molecule has 1 rings (SSSR count). The fourth-order valence-corrected chi connectivity index (χ4v) is 1.49. The van der Waals surface area contributed by atoms with Crippen molar-refractivity contribution >= 4 is 17.1 Å². The van der Waals surface area contributed by atoms with Crippen molar-refractivity contribution in [3.63, 3.8) is 0 Å². The maximum absolute atomic E-state index is 5.15. The Hall–Kier alpha value is 0.0900. The highest BCUT2D eigenvalue weighted by Gasteiger charge is 2.11. The highest BCUT2D eigenvalue weighted by atomic mass is 32.1. The van der Waals surface area contributed by atoms with Crippen LogP contribution >= 0.6 is 12.2 Å². The first-order chi connectivity index (χ1) is 4.30. The summed E-state index contributed by atoms with van der Waals surface area (Å²) in [6.45, 7) is 4.00. The molecule has 1 fully saturated rings. The smallest absolute Gasteiger partial charge is 0.00406 e. The lowest BCUT2D eigenvalue weighted by Crippen LogP contribution is -2.04. The summed E-state index contributed by atoms with van der Waals surface area (Å²) in [5.74, 6) is 0.475. The maximum atomic E-state index is 5.15. The Labute approximate surface area is 62.6 Å². The molecule has 0 spiro atoms. The number of thiocarbonyl (C=S) groups is 1. The predicted octanol–water partition coefficient (Wildman–Crippen LogP) is 2.77. The van der Waals surface area contributed by atoms with Crippen LogP contribution in [0, 0.1) is 12.8 Å². The Morgan fingerprint density at radius 1 is 1.33 bits per heavy atom. The largest absolute Gasteiger partial charge is 0.0894 e. The fourth-order valence-electron chi connectivity index (χ4n) is 1.23. The third kappa shape index (κ3) is 2.05. The SMILES string of the molecule is [CH2]C1CCCCCC1=S. The molecule has 0 aliphatic heterocycles. The van der Waals surface area contributed by atoms with Gasteiger partial charge >= 0.3 is 0 Å². The molecule has 1 atom stereocenters. The van der Waals surface area contributed by atoms with Crippen LogP contribution in [0.4, 0.5) is 0 Å². The van der Waals surface area contributed by atoms with Gasteiger partial charge in [-0.25, -0.2) is 0 Å². The minimum absolute atomic E-state index is 0.475. The molecule has 0 amide bonds. The molecule has 1 unspecified atom stereocenters. The molecule has 1 aliphatic carbocycles. The van der Waals surface area contributed by atoms with Gasteiger partial charge in [0.15, 0.2) is 0 Å². The summed E-state index contributed by atoms with van der Waals surface area (Å²) in [5, 5.41) is 0. The van der Waals surface area contributed by atoms with Crippen LogP contribution in [0.25, 0.3) is 0 Å². The van der Waals surface area contributed by atoms with Crippen molar-refractivity contribution in [2.24, 2.45) is 5.92 Å². The van der Waals surface area contributed by atoms with Gasteiger partial charge in [-0.3, -0.25) is 0 Å². The molecule has 1 saturated carbocycles. The standard InChI is InChI=1S/C8H13S/c1-7-5-3-2-4-6-8(7)9/h7H,1-6H2. The average Bonchev–Trinajstić information content (AvgIpc) is 1.99. The molecule has 0 aromatic heterocycles. The molecular formula is C8H13S. The van der Waals surface area contributed by atoms with Gasteiger partial charge in [-0.2, -0.15) is 0 Å². The fraction of sp³-hybridized carbons (Fsp3) is 0.750. The van der Waals surface area contributed by atoms with Crippen LogP contribution < -0.4 is 0 Å². The monoisotopic (exact) mass is 141 g/mol. The lowest BCUT2D eigenvalue weighted by molar-refractivity contribution is 0.658. The van der Waals surface area contributed by atoms with E-state index in [1.165, 1.54) is 30.5 Å². The molecule has 0 heterocycles. The van der Waals surface area contributed by atoms with Crippen molar-refractivity contribution in [3.8, 4) is 0 Å². The lowest BCUT2D eigenvalue weighted by atomic mass is 10.0. The zero-order valence-electron chi connectivity index (χ0n) is 5.73. The second-order valence-corrected chi connectivity index (χ2v) is 3.29. The zero-order valence-corrected chi connectivity index (χ0v) is 6.54. The molecular weight excluding hydrogens is 128 g/mol. The van der Waals surface area contributed by atoms with E-state index in [4.69, 9.17) is 12.2 Å². The topological polar surface area (TPSA) is 0 Å². The lowest BCUT2D eigenvalue weighted by Gasteiger charge is -2.05. The molecule has 0 saturated heterocycles. The molecule has 0 bridgehead atoms. The van der Waals surface area contributed by atoms with Crippen LogP contribution in [0.2, 0.25) is 0 Å². The summed E-state index contributed by atoms with van der Waals surface area (Å²) < 4.78 is 0. The first-order valence-corrected chi connectivity index (χ1v) is 4.07. The van der Waals surface area contributed by atoms with Crippen molar-refractivity contribution in [2.45, 2.75) is 32.1 Å². The first-order valence-electron chi connectivity index (χ1n) is 3.66. The molecule has 1 aliphatic rings. The summed E-state index contributed by atoms with van der Waals surface area (Å²) >= 11 is 5.15. The second-order valence-electron chi connectivity index (χ2n) is 2.76. The maximum Gasteiger partial charge on any atom is -0.00406 e. The van der Waals surface area contributed by atoms with E-state index in [1.54, 1.807) is 0 Å². The molecule has 1 heteroatoms. The summed E-state index contributed by atoms with van der Waals surface area (Å²) in [4.78, 5) is 1.20. The molecule has 51 valence electrons. The second kappa shape index (κ2) is 3.31. The molecule has 0 aromatic carbocycles. The highest BCUT2D eigenvalue weighted by Crippen LogP contribution is 2.19. The third-order valence-electron chi connectivity index (χ3n) is 1.93. The van der Waals surface area contributed by atoms with Crippen molar-refractivity contribution < 1.29 is 0 Å². The van der Waals surface area contributed by atoms with Gasteiger partial charge < -0.3 is 0 Å². The van der Waals surface area contributed by atoms with Crippen LogP contribution in [0.3, 0.4) is 0 Å². The molecule has 0 N–H and O–H groups in total. The van der Waals surface area contributed by atoms with E-state index in [0.717, 1.165) is 6.42 Å². The zero-order chi connectivity index (χ0) is 6.69. The van der Waals surface area contributed by atoms with Crippen molar-refractivity contribution in [3.05, 3.63) is 6.92 Å². The van der Waals surface area contributed by atoms with Gasteiger partial charge in [0.1, 0.15) is 0 Å². The van der Waals surface area contributed by atoms with Crippen molar-refractivity contribution in [1.82, 2.24) is 0 Å². The summed E-state index contributed by atoms with van der Waals surface area (Å²) in [5.41, 5.74) is 0. The molecule has 1 radical (unpaired) electrons. The highest BCUT2D eigenvalue weighted by molar-refractivity contribution is 7.80. The quantitative estimate of drug-likeness (QED) is 0.369. The van der Waals surface area contributed by atoms with Gasteiger partial charge in [0, 0.05) is 0 Å². The normalized spacial score (nSPS) is 29.9. The van der Waals surface area contributed by atoms with Crippen LogP contribution in [-0.4, -0.2) is 4.86 Å². The van der Waals surface area contributed by atoms with Gasteiger partial charge in [0.05, 0.1) is 0 Å². The van der Waals surface area contributed by atoms with Crippen LogP contribution in [0.15, 0.2) is 0 Å². The third-order valence-corrected chi connectivity index (χ3v) is 2.47. The first kappa shape index (κ1) is 7.20. The van der Waals surface area contributed by atoms with Gasteiger partial charge in [0.2, 0.25) is 0 Å². The predicted molar refractivity (Wildman–Crippen MR) is 44.5 cm³/mol. The Balaban J connectivity index is 2.41. The summed E-state index contributed by atoms with van der Waals surface area (Å²) in [6.07, 6.45) is 6.34. The van der Waals surface area contributed by atoms with Gasteiger partial charge in [-0.15, -0.1) is 0 Å². The number of rotatable bonds is 0. The molecule has 9 heavy (non-hydrogen) atoms. The Morgan fingerprint density at radius 2 is 2.11 bits per heavy atom. The Kier molecular flexibility index (Phi) is 2.65. The van der Waals surface area contributed by atoms with Gasteiger partial charge in [-0.05, 0) is 37.0 Å². The van der Waals surface area contributed by atoms with Crippen LogP contribution in [0.5, 0.6) is 0 Å². The van der Waals surface area contributed by atoms with E-state index < -0.39 is 0 Å². The van der Waals surface area contributed by atoms with Crippen LogP contribution in [0.1, 0.15) is 32.1 Å². The minimum atomic E-state index is 0.475. The molecule has 0 nitrogen and oxygen atoms in total. The summed E-state index contributed by atoms with van der Waals surface area (Å²) in [6, 6.07) is 0. The van der Waals surface area contributed by atoms with Gasteiger partial charge in [-0.1, -0.05) is 25.1 Å². The molecule has 0 aromatic rings. The van der Waals surface area contributed by atoms with E-state index in [1.807, 2.05) is 0 Å². The van der Waals surface area contributed by atoms with Crippen molar-refractivity contribution in [2.75, 3.05) is 0 Å². The van der Waals surface area contributed by atoms with E-state index in [2.05, 4.69) is 6.92 Å². The van der Waals surface area contributed by atoms with Gasteiger partial charge in [0.25, 0.3) is 0 Å². The van der Waals surface area contributed by atoms with Crippen LogP contribution in [-0.2, 0) is 0 Å². The van der Waals surface area contributed by atoms with Crippen molar-refractivity contribution in [1.29, 1.82) is 0 Å². The van der Waals surface area contributed by atoms with E-state index in [9.17, 15) is 0 Å². The number of hydrogen-bond donors (Lipinski definition) is 0. The van der Waals surface area contributed by atoms with E-state index in [-0.39, 0.29) is 0 Å². The van der Waals surface area contributed by atoms with E-state index >= 15 is 0 Å².